The van der Waals surface area contributed by atoms with Crippen molar-refractivity contribution in [2.75, 3.05) is 27.2 Å². The maximum atomic E-state index is 10.5. The monoisotopic (exact) mass is 294 g/mol. The highest BCUT2D eigenvalue weighted by Crippen LogP contribution is 2.22. The molecule has 1 fully saturated rings. The van der Waals surface area contributed by atoms with E-state index in [2.05, 4.69) is 30.0 Å². The molecule has 0 aromatic carbocycles. The van der Waals surface area contributed by atoms with Crippen molar-refractivity contribution in [1.82, 2.24) is 9.80 Å². The van der Waals surface area contributed by atoms with Crippen molar-refractivity contribution < 1.29 is 9.90 Å². The fourth-order valence-corrected chi connectivity index (χ4v) is 3.51. The first kappa shape index (κ1) is 15.2. The van der Waals surface area contributed by atoms with Crippen LogP contribution in [0.3, 0.4) is 0 Å². The van der Waals surface area contributed by atoms with E-state index in [0.29, 0.717) is 6.04 Å². The molecule has 5 heteroatoms. The minimum atomic E-state index is -0.900. The predicted molar refractivity (Wildman–Crippen MR) is 83.0 cm³/mol. The fourth-order valence-electron chi connectivity index (χ4n) is 2.53. The summed E-state index contributed by atoms with van der Waals surface area (Å²) >= 11 is 1.67. The van der Waals surface area contributed by atoms with Crippen LogP contribution in [0, 0.1) is 0 Å². The minimum Gasteiger partial charge on any atom is -0.478 e. The second-order valence-corrected chi connectivity index (χ2v) is 6.63. The molecule has 4 nitrogen and oxygen atoms in total. The van der Waals surface area contributed by atoms with Gasteiger partial charge < -0.3 is 10.0 Å². The Hall–Kier alpha value is -1.17. The summed E-state index contributed by atoms with van der Waals surface area (Å²) in [7, 11) is 4.36. The molecule has 0 saturated carbocycles. The Balaban J connectivity index is 1.88. The molecule has 110 valence electrons. The summed E-state index contributed by atoms with van der Waals surface area (Å²) in [5.41, 5.74) is 0. The Labute approximate surface area is 124 Å². The summed E-state index contributed by atoms with van der Waals surface area (Å²) in [5, 5.41) is 8.62. The van der Waals surface area contributed by atoms with Crippen LogP contribution in [0.15, 0.2) is 18.2 Å². The fraction of sp³-hybridized carbons (Fsp3) is 0.533. The van der Waals surface area contributed by atoms with Crippen LogP contribution in [0.4, 0.5) is 0 Å². The zero-order chi connectivity index (χ0) is 14.5. The van der Waals surface area contributed by atoms with E-state index >= 15 is 0 Å². The van der Waals surface area contributed by atoms with Gasteiger partial charge in [-0.2, -0.15) is 0 Å². The molecule has 0 atom stereocenters. The van der Waals surface area contributed by atoms with E-state index < -0.39 is 5.97 Å². The molecule has 20 heavy (non-hydrogen) atoms. The van der Waals surface area contributed by atoms with Crippen molar-refractivity contribution in [1.29, 1.82) is 0 Å². The van der Waals surface area contributed by atoms with Gasteiger partial charge in [-0.15, -0.1) is 11.3 Å². The number of hydrogen-bond donors (Lipinski definition) is 1. The Morgan fingerprint density at radius 1 is 1.50 bits per heavy atom. The van der Waals surface area contributed by atoms with Crippen LogP contribution < -0.4 is 0 Å². The number of carboxylic acids is 1. The highest BCUT2D eigenvalue weighted by atomic mass is 32.1. The minimum absolute atomic E-state index is 0.659. The third-order valence-electron chi connectivity index (χ3n) is 3.79. The average molecular weight is 294 g/mol. The summed E-state index contributed by atoms with van der Waals surface area (Å²) < 4.78 is 0. The molecule has 0 unspecified atom stereocenters. The third kappa shape index (κ3) is 4.44. The number of aliphatic carboxylic acids is 1. The summed E-state index contributed by atoms with van der Waals surface area (Å²) in [6.07, 6.45) is 5.30. The van der Waals surface area contributed by atoms with Crippen LogP contribution in [0.25, 0.3) is 6.08 Å². The number of piperidine rings is 1. The largest absolute Gasteiger partial charge is 0.478 e. The number of carboxylic acid groups (broad SMARTS) is 1. The van der Waals surface area contributed by atoms with E-state index in [0.717, 1.165) is 11.4 Å². The molecule has 1 aromatic heterocycles. The van der Waals surface area contributed by atoms with Gasteiger partial charge in [-0.05, 0) is 58.2 Å². The van der Waals surface area contributed by atoms with Crippen molar-refractivity contribution in [2.24, 2.45) is 0 Å². The molecule has 0 spiro atoms. The number of likely N-dealkylation sites (tertiary alicyclic amines) is 1. The molecular weight excluding hydrogens is 272 g/mol. The molecule has 0 radical (unpaired) electrons. The number of nitrogens with zero attached hydrogens (tertiary/aromatic N) is 2. The van der Waals surface area contributed by atoms with Crippen molar-refractivity contribution in [3.05, 3.63) is 28.0 Å². The zero-order valence-corrected chi connectivity index (χ0v) is 12.9. The van der Waals surface area contributed by atoms with Gasteiger partial charge in [0, 0.05) is 28.4 Å². The Morgan fingerprint density at radius 3 is 2.85 bits per heavy atom. The van der Waals surface area contributed by atoms with Crippen molar-refractivity contribution >= 4 is 23.4 Å². The lowest BCUT2D eigenvalue weighted by Crippen LogP contribution is -2.41. The maximum Gasteiger partial charge on any atom is 0.328 e. The normalized spacial score (nSPS) is 18.1. The molecule has 2 heterocycles. The molecule has 1 saturated heterocycles. The molecule has 1 aliphatic heterocycles. The average Bonchev–Trinajstić information content (AvgIpc) is 2.84. The number of hydrogen-bond acceptors (Lipinski definition) is 4. The molecule has 1 aliphatic rings. The molecule has 1 N–H and O–H groups in total. The quantitative estimate of drug-likeness (QED) is 0.847. The number of thiophene rings is 1. The lowest BCUT2D eigenvalue weighted by atomic mass is 10.0. The van der Waals surface area contributed by atoms with Crippen LogP contribution in [-0.2, 0) is 11.3 Å². The van der Waals surface area contributed by atoms with Crippen LogP contribution >= 0.6 is 11.3 Å². The smallest absolute Gasteiger partial charge is 0.328 e. The Morgan fingerprint density at radius 2 is 2.20 bits per heavy atom. The Kier molecular flexibility index (Phi) is 5.34. The molecule has 1 aromatic rings. The van der Waals surface area contributed by atoms with Gasteiger partial charge in [0.25, 0.3) is 0 Å². The predicted octanol–water partition coefficient (Wildman–Crippen LogP) is 2.37. The van der Waals surface area contributed by atoms with Crippen LogP contribution in [0.5, 0.6) is 0 Å². The third-order valence-corrected chi connectivity index (χ3v) is 4.82. The van der Waals surface area contributed by atoms with E-state index in [9.17, 15) is 4.79 Å². The van der Waals surface area contributed by atoms with Gasteiger partial charge in [0.1, 0.15) is 0 Å². The second-order valence-electron chi connectivity index (χ2n) is 5.43. The van der Waals surface area contributed by atoms with Crippen molar-refractivity contribution in [3.63, 3.8) is 0 Å². The van der Waals surface area contributed by atoms with E-state index in [4.69, 9.17) is 5.11 Å². The zero-order valence-electron chi connectivity index (χ0n) is 12.1. The molecule has 0 bridgehead atoms. The van der Waals surface area contributed by atoms with Gasteiger partial charge in [-0.1, -0.05) is 0 Å². The lowest BCUT2D eigenvalue weighted by Gasteiger charge is -2.34. The SMILES string of the molecule is CN1CCC(N(C)Cc2ccc(C=CC(=O)O)s2)CC1. The van der Waals surface area contributed by atoms with E-state index in [1.54, 1.807) is 17.4 Å². The summed E-state index contributed by atoms with van der Waals surface area (Å²) in [5.74, 6) is -0.900. The maximum absolute atomic E-state index is 10.5. The molecule has 2 rings (SSSR count). The van der Waals surface area contributed by atoms with Gasteiger partial charge >= 0.3 is 5.97 Å². The highest BCUT2D eigenvalue weighted by Gasteiger charge is 2.20. The van der Waals surface area contributed by atoms with E-state index in [-0.39, 0.29) is 0 Å². The first-order valence-electron chi connectivity index (χ1n) is 6.93. The topological polar surface area (TPSA) is 43.8 Å². The van der Waals surface area contributed by atoms with Crippen LogP contribution in [0.2, 0.25) is 0 Å². The van der Waals surface area contributed by atoms with E-state index in [1.165, 1.54) is 36.9 Å². The van der Waals surface area contributed by atoms with Gasteiger partial charge in [0.05, 0.1) is 0 Å². The first-order chi connectivity index (χ1) is 9.54. The van der Waals surface area contributed by atoms with Gasteiger partial charge in [0.15, 0.2) is 0 Å². The van der Waals surface area contributed by atoms with Gasteiger partial charge in [0.2, 0.25) is 0 Å². The standard InChI is InChI=1S/C15H22N2O2S/c1-16-9-7-12(8-10-16)17(2)11-14-4-3-13(20-14)5-6-15(18)19/h3-6,12H,7-11H2,1-2H3,(H,18,19). The molecular formula is C15H22N2O2S. The molecule has 0 aliphatic carbocycles. The summed E-state index contributed by atoms with van der Waals surface area (Å²) in [4.78, 5) is 17.6. The number of carbonyl (C=O) groups is 1. The highest BCUT2D eigenvalue weighted by molar-refractivity contribution is 7.12. The van der Waals surface area contributed by atoms with E-state index in [1.807, 2.05) is 6.07 Å². The summed E-state index contributed by atoms with van der Waals surface area (Å²) in [6.45, 7) is 3.29. The van der Waals surface area contributed by atoms with Crippen LogP contribution in [-0.4, -0.2) is 54.1 Å². The summed E-state index contributed by atoms with van der Waals surface area (Å²) in [6, 6.07) is 4.74. The van der Waals surface area contributed by atoms with Crippen molar-refractivity contribution in [2.45, 2.75) is 25.4 Å². The van der Waals surface area contributed by atoms with Crippen molar-refractivity contribution in [3.8, 4) is 0 Å². The van der Waals surface area contributed by atoms with Gasteiger partial charge in [-0.25, -0.2) is 4.79 Å². The first-order valence-corrected chi connectivity index (χ1v) is 7.75. The van der Waals surface area contributed by atoms with Gasteiger partial charge in [-0.3, -0.25) is 4.90 Å². The second kappa shape index (κ2) is 7.02. The van der Waals surface area contributed by atoms with Crippen LogP contribution in [0.1, 0.15) is 22.6 Å². The molecule has 0 amide bonds. The number of rotatable bonds is 5. The lowest BCUT2D eigenvalue weighted by molar-refractivity contribution is -0.131. The Bertz CT molecular complexity index is 476.